The highest BCUT2D eigenvalue weighted by Crippen LogP contribution is 2.24. The van der Waals surface area contributed by atoms with Crippen molar-refractivity contribution in [3.8, 4) is 11.4 Å². The van der Waals surface area contributed by atoms with E-state index in [1.807, 2.05) is 24.3 Å². The second-order valence-corrected chi connectivity index (χ2v) is 6.77. The smallest absolute Gasteiger partial charge is 0.161 e. The van der Waals surface area contributed by atoms with Gasteiger partial charge in [-0.25, -0.2) is 9.97 Å². The summed E-state index contributed by atoms with van der Waals surface area (Å²) in [5.74, 6) is 2.03. The molecule has 122 valence electrons. The summed E-state index contributed by atoms with van der Waals surface area (Å²) in [6.45, 7) is 6.43. The first kappa shape index (κ1) is 16.2. The Kier molecular flexibility index (Phi) is 5.13. The van der Waals surface area contributed by atoms with Crippen molar-refractivity contribution in [2.45, 2.75) is 38.6 Å². The molecule has 3 rings (SSSR count). The molecule has 4 nitrogen and oxygen atoms in total. The van der Waals surface area contributed by atoms with Gasteiger partial charge < -0.3 is 10.6 Å². The van der Waals surface area contributed by atoms with Gasteiger partial charge in [0.25, 0.3) is 0 Å². The van der Waals surface area contributed by atoms with Crippen molar-refractivity contribution >= 4 is 17.4 Å². The van der Waals surface area contributed by atoms with E-state index in [1.54, 1.807) is 0 Å². The molecule has 1 saturated heterocycles. The Morgan fingerprint density at radius 3 is 2.48 bits per heavy atom. The van der Waals surface area contributed by atoms with Crippen LogP contribution in [-0.4, -0.2) is 29.1 Å². The molecule has 5 heteroatoms. The SMILES string of the molecule is CC(C)c1cc(NC2CCNCC2)nc(-c2ccc(Cl)cc2)n1. The van der Waals surface area contributed by atoms with Crippen molar-refractivity contribution in [2.75, 3.05) is 18.4 Å². The molecule has 2 aromatic rings. The van der Waals surface area contributed by atoms with Crippen molar-refractivity contribution in [3.05, 3.63) is 41.0 Å². The maximum atomic E-state index is 5.98. The number of anilines is 1. The summed E-state index contributed by atoms with van der Waals surface area (Å²) in [6, 6.07) is 10.2. The summed E-state index contributed by atoms with van der Waals surface area (Å²) in [6.07, 6.45) is 2.24. The van der Waals surface area contributed by atoms with Gasteiger partial charge in [0.1, 0.15) is 5.82 Å². The lowest BCUT2D eigenvalue weighted by Gasteiger charge is -2.24. The number of halogens is 1. The minimum atomic E-state index is 0.359. The average molecular weight is 331 g/mol. The third-order valence-electron chi connectivity index (χ3n) is 4.13. The van der Waals surface area contributed by atoms with Crippen molar-refractivity contribution in [1.82, 2.24) is 15.3 Å². The average Bonchev–Trinajstić information content (AvgIpc) is 2.56. The van der Waals surface area contributed by atoms with Gasteiger partial charge in [0.05, 0.1) is 0 Å². The molecule has 0 saturated carbocycles. The van der Waals surface area contributed by atoms with Gasteiger partial charge in [-0.1, -0.05) is 25.4 Å². The molecule has 1 aliphatic rings. The molecule has 1 aromatic carbocycles. The van der Waals surface area contributed by atoms with Gasteiger partial charge in [-0.2, -0.15) is 0 Å². The lowest BCUT2D eigenvalue weighted by molar-refractivity contribution is 0.478. The second kappa shape index (κ2) is 7.28. The van der Waals surface area contributed by atoms with Crippen molar-refractivity contribution in [3.63, 3.8) is 0 Å². The Labute approximate surface area is 142 Å². The highest BCUT2D eigenvalue weighted by atomic mass is 35.5. The maximum Gasteiger partial charge on any atom is 0.161 e. The number of piperidine rings is 1. The van der Waals surface area contributed by atoms with Crippen LogP contribution < -0.4 is 10.6 Å². The molecule has 0 spiro atoms. The first-order chi connectivity index (χ1) is 11.1. The minimum Gasteiger partial charge on any atom is -0.367 e. The minimum absolute atomic E-state index is 0.359. The molecule has 0 amide bonds. The van der Waals surface area contributed by atoms with Crippen LogP contribution in [0, 0.1) is 0 Å². The summed E-state index contributed by atoms with van der Waals surface area (Å²) < 4.78 is 0. The Hall–Kier alpha value is -1.65. The topological polar surface area (TPSA) is 49.8 Å². The van der Waals surface area contributed by atoms with E-state index in [-0.39, 0.29) is 0 Å². The number of hydrogen-bond donors (Lipinski definition) is 2. The molecule has 0 aliphatic carbocycles. The lowest BCUT2D eigenvalue weighted by Crippen LogP contribution is -2.35. The molecular weight excluding hydrogens is 308 g/mol. The predicted octanol–water partition coefficient (Wildman–Crippen LogP) is 4.08. The van der Waals surface area contributed by atoms with Gasteiger partial charge in [0.15, 0.2) is 5.82 Å². The van der Waals surface area contributed by atoms with E-state index in [9.17, 15) is 0 Å². The summed E-state index contributed by atoms with van der Waals surface area (Å²) in [5, 5.41) is 7.69. The molecule has 1 aromatic heterocycles. The summed E-state index contributed by atoms with van der Waals surface area (Å²) >= 11 is 5.98. The molecule has 2 heterocycles. The molecule has 2 N–H and O–H groups in total. The Morgan fingerprint density at radius 1 is 1.13 bits per heavy atom. The van der Waals surface area contributed by atoms with E-state index in [0.717, 1.165) is 53.9 Å². The van der Waals surface area contributed by atoms with E-state index >= 15 is 0 Å². The Bertz CT molecular complexity index is 649. The van der Waals surface area contributed by atoms with E-state index in [1.165, 1.54) is 0 Å². The summed E-state index contributed by atoms with van der Waals surface area (Å²) in [4.78, 5) is 9.44. The van der Waals surface area contributed by atoms with Crippen LogP contribution in [0.2, 0.25) is 5.02 Å². The van der Waals surface area contributed by atoms with Crippen molar-refractivity contribution < 1.29 is 0 Å². The molecule has 0 unspecified atom stereocenters. The van der Waals surface area contributed by atoms with Crippen LogP contribution in [0.4, 0.5) is 5.82 Å². The predicted molar refractivity (Wildman–Crippen MR) is 96.1 cm³/mol. The zero-order valence-corrected chi connectivity index (χ0v) is 14.4. The Morgan fingerprint density at radius 2 is 1.83 bits per heavy atom. The van der Waals surface area contributed by atoms with Crippen LogP contribution in [0.25, 0.3) is 11.4 Å². The molecule has 0 radical (unpaired) electrons. The number of benzene rings is 1. The highest BCUT2D eigenvalue weighted by molar-refractivity contribution is 6.30. The van der Waals surface area contributed by atoms with Crippen molar-refractivity contribution in [1.29, 1.82) is 0 Å². The summed E-state index contributed by atoms with van der Waals surface area (Å²) in [5.41, 5.74) is 2.05. The molecular formula is C18H23ClN4. The third-order valence-corrected chi connectivity index (χ3v) is 4.38. The van der Waals surface area contributed by atoms with Crippen LogP contribution in [-0.2, 0) is 0 Å². The van der Waals surface area contributed by atoms with Gasteiger partial charge >= 0.3 is 0 Å². The van der Waals surface area contributed by atoms with E-state index in [2.05, 4.69) is 30.5 Å². The standard InChI is InChI=1S/C18H23ClN4/c1-12(2)16-11-17(21-15-7-9-20-10-8-15)23-18(22-16)13-3-5-14(19)6-4-13/h3-6,11-12,15,20H,7-10H2,1-2H3,(H,21,22,23). The van der Waals surface area contributed by atoms with Crippen LogP contribution >= 0.6 is 11.6 Å². The molecule has 1 aliphatic heterocycles. The van der Waals surface area contributed by atoms with Crippen LogP contribution in [0.15, 0.2) is 30.3 Å². The first-order valence-electron chi connectivity index (χ1n) is 8.24. The number of hydrogen-bond acceptors (Lipinski definition) is 4. The fourth-order valence-corrected chi connectivity index (χ4v) is 2.87. The van der Waals surface area contributed by atoms with Gasteiger partial charge in [-0.3, -0.25) is 0 Å². The van der Waals surface area contributed by atoms with Crippen LogP contribution in [0.3, 0.4) is 0 Å². The molecule has 1 fully saturated rings. The number of rotatable bonds is 4. The number of nitrogens with one attached hydrogen (secondary N) is 2. The normalized spacial score (nSPS) is 15.8. The van der Waals surface area contributed by atoms with Crippen LogP contribution in [0.5, 0.6) is 0 Å². The third kappa shape index (κ3) is 4.21. The van der Waals surface area contributed by atoms with Gasteiger partial charge in [-0.05, 0) is 56.1 Å². The zero-order valence-electron chi connectivity index (χ0n) is 13.6. The second-order valence-electron chi connectivity index (χ2n) is 6.33. The quantitative estimate of drug-likeness (QED) is 0.886. The fourth-order valence-electron chi connectivity index (χ4n) is 2.74. The highest BCUT2D eigenvalue weighted by Gasteiger charge is 2.15. The number of aromatic nitrogens is 2. The van der Waals surface area contributed by atoms with Crippen molar-refractivity contribution in [2.24, 2.45) is 0 Å². The summed E-state index contributed by atoms with van der Waals surface area (Å²) in [7, 11) is 0. The monoisotopic (exact) mass is 330 g/mol. The van der Waals surface area contributed by atoms with Gasteiger partial charge in [0, 0.05) is 28.4 Å². The molecule has 0 bridgehead atoms. The molecule has 23 heavy (non-hydrogen) atoms. The van der Waals surface area contributed by atoms with E-state index in [4.69, 9.17) is 21.6 Å². The zero-order chi connectivity index (χ0) is 16.2. The fraction of sp³-hybridized carbons (Fsp3) is 0.444. The number of nitrogens with zero attached hydrogens (tertiary/aromatic N) is 2. The van der Waals surface area contributed by atoms with E-state index < -0.39 is 0 Å². The van der Waals surface area contributed by atoms with E-state index in [0.29, 0.717) is 12.0 Å². The maximum absolute atomic E-state index is 5.98. The lowest BCUT2D eigenvalue weighted by atomic mass is 10.1. The van der Waals surface area contributed by atoms with Crippen LogP contribution in [0.1, 0.15) is 38.3 Å². The van der Waals surface area contributed by atoms with Gasteiger partial charge in [-0.15, -0.1) is 0 Å². The van der Waals surface area contributed by atoms with Gasteiger partial charge in [0.2, 0.25) is 0 Å². The molecule has 0 atom stereocenters. The largest absolute Gasteiger partial charge is 0.367 e. The first-order valence-corrected chi connectivity index (χ1v) is 8.62. The Balaban J connectivity index is 1.90.